The van der Waals surface area contributed by atoms with Crippen LogP contribution in [-0.2, 0) is 0 Å². The molecule has 0 aromatic heterocycles. The van der Waals surface area contributed by atoms with Crippen molar-refractivity contribution in [3.63, 3.8) is 0 Å². The van der Waals surface area contributed by atoms with Gasteiger partial charge in [-0.3, -0.25) is 4.99 Å². The van der Waals surface area contributed by atoms with Crippen molar-refractivity contribution in [2.24, 2.45) is 10.1 Å². The zero-order valence-corrected chi connectivity index (χ0v) is 6.28. The molecule has 0 saturated carbocycles. The van der Waals surface area contributed by atoms with Crippen LogP contribution in [0.3, 0.4) is 0 Å². The fraction of sp³-hybridized carbons (Fsp3) is 0.429. The molecular formula is C7H10N2O2. The van der Waals surface area contributed by atoms with Crippen molar-refractivity contribution in [1.29, 1.82) is 0 Å². The van der Waals surface area contributed by atoms with Gasteiger partial charge in [0.1, 0.15) is 0 Å². The van der Waals surface area contributed by atoms with Crippen LogP contribution in [0.2, 0.25) is 0 Å². The maximum atomic E-state index is 8.69. The summed E-state index contributed by atoms with van der Waals surface area (Å²) in [5, 5.41) is 20.1. The summed E-state index contributed by atoms with van der Waals surface area (Å²) in [7, 11) is 0. The van der Waals surface area contributed by atoms with Crippen LogP contribution < -0.4 is 0 Å². The predicted octanol–water partition coefficient (Wildman–Crippen LogP) is 0.557. The number of aliphatic hydroxyl groups excluding tert-OH is 1. The molecule has 0 amide bonds. The van der Waals surface area contributed by atoms with E-state index < -0.39 is 0 Å². The second-order valence-electron chi connectivity index (χ2n) is 2.38. The van der Waals surface area contributed by atoms with E-state index in [0.29, 0.717) is 12.1 Å². The van der Waals surface area contributed by atoms with E-state index in [9.17, 15) is 0 Å². The minimum absolute atomic E-state index is 0.0196. The lowest BCUT2D eigenvalue weighted by Crippen LogP contribution is -2.08. The molecule has 0 fully saturated rings. The highest BCUT2D eigenvalue weighted by Gasteiger charge is 2.11. The minimum atomic E-state index is 0.0196. The molecular weight excluding hydrogens is 144 g/mol. The number of nitrogens with zero attached hydrogens (tertiary/aromatic N) is 2. The standard InChI is InChI=1S/C7H10N2O2/c1-5(9-11)7-2-6(4-10)3-8-7/h3,10-11H,2,4H2,1H3/b9-5+. The molecule has 0 bridgehead atoms. The largest absolute Gasteiger partial charge is 0.411 e. The minimum Gasteiger partial charge on any atom is -0.411 e. The van der Waals surface area contributed by atoms with Crippen LogP contribution in [-0.4, -0.2) is 28.3 Å². The molecule has 4 nitrogen and oxygen atoms in total. The van der Waals surface area contributed by atoms with Crippen LogP contribution >= 0.6 is 0 Å². The van der Waals surface area contributed by atoms with E-state index in [-0.39, 0.29) is 6.61 Å². The van der Waals surface area contributed by atoms with Gasteiger partial charge in [0.25, 0.3) is 0 Å². The third-order valence-electron chi connectivity index (χ3n) is 1.57. The number of aliphatic hydroxyl groups is 1. The summed E-state index contributed by atoms with van der Waals surface area (Å²) in [4.78, 5) is 3.96. The zero-order chi connectivity index (χ0) is 8.27. The van der Waals surface area contributed by atoms with Gasteiger partial charge >= 0.3 is 0 Å². The molecule has 0 spiro atoms. The maximum Gasteiger partial charge on any atom is 0.0982 e. The molecule has 0 aliphatic carbocycles. The topological polar surface area (TPSA) is 65.2 Å². The summed E-state index contributed by atoms with van der Waals surface area (Å²) in [5.41, 5.74) is 2.07. The van der Waals surface area contributed by atoms with E-state index in [1.54, 1.807) is 13.1 Å². The molecule has 1 aliphatic heterocycles. The van der Waals surface area contributed by atoms with Crippen LogP contribution in [0.15, 0.2) is 21.9 Å². The molecule has 0 saturated heterocycles. The summed E-state index contributed by atoms with van der Waals surface area (Å²) < 4.78 is 0. The molecule has 1 heterocycles. The first-order valence-electron chi connectivity index (χ1n) is 3.32. The highest BCUT2D eigenvalue weighted by Crippen LogP contribution is 2.11. The molecule has 0 aromatic rings. The van der Waals surface area contributed by atoms with Gasteiger partial charge in [0, 0.05) is 12.6 Å². The smallest absolute Gasteiger partial charge is 0.0982 e. The molecule has 0 atom stereocenters. The average Bonchev–Trinajstić information content (AvgIpc) is 2.50. The summed E-state index contributed by atoms with van der Waals surface area (Å²) in [6.45, 7) is 1.69. The van der Waals surface area contributed by atoms with Crippen molar-refractivity contribution < 1.29 is 10.3 Å². The van der Waals surface area contributed by atoms with Crippen LogP contribution in [0.4, 0.5) is 0 Å². The monoisotopic (exact) mass is 154 g/mol. The third-order valence-corrected chi connectivity index (χ3v) is 1.57. The fourth-order valence-electron chi connectivity index (χ4n) is 0.851. The lowest BCUT2D eigenvalue weighted by atomic mass is 10.1. The first-order valence-corrected chi connectivity index (χ1v) is 3.32. The van der Waals surface area contributed by atoms with Crippen LogP contribution in [0.1, 0.15) is 13.3 Å². The Labute approximate surface area is 64.6 Å². The predicted molar refractivity (Wildman–Crippen MR) is 42.1 cm³/mol. The van der Waals surface area contributed by atoms with Crippen molar-refractivity contribution in [3.05, 3.63) is 11.8 Å². The van der Waals surface area contributed by atoms with E-state index in [1.165, 1.54) is 0 Å². The molecule has 1 aliphatic rings. The molecule has 11 heavy (non-hydrogen) atoms. The maximum absolute atomic E-state index is 8.69. The second-order valence-corrected chi connectivity index (χ2v) is 2.38. The van der Waals surface area contributed by atoms with Crippen molar-refractivity contribution in [2.45, 2.75) is 13.3 Å². The Hall–Kier alpha value is -1.16. The van der Waals surface area contributed by atoms with E-state index in [4.69, 9.17) is 10.3 Å². The van der Waals surface area contributed by atoms with Gasteiger partial charge in [-0.15, -0.1) is 0 Å². The van der Waals surface area contributed by atoms with Crippen LogP contribution in [0, 0.1) is 0 Å². The van der Waals surface area contributed by atoms with Gasteiger partial charge in [0.2, 0.25) is 0 Å². The molecule has 0 aromatic carbocycles. The summed E-state index contributed by atoms with van der Waals surface area (Å²) in [5.74, 6) is 0. The Balaban J connectivity index is 2.59. The van der Waals surface area contributed by atoms with E-state index in [1.807, 2.05) is 0 Å². The summed E-state index contributed by atoms with van der Waals surface area (Å²) >= 11 is 0. The highest BCUT2D eigenvalue weighted by atomic mass is 16.4. The summed E-state index contributed by atoms with van der Waals surface area (Å²) in [6.07, 6.45) is 2.19. The number of rotatable bonds is 2. The Morgan fingerprint density at radius 1 is 1.82 bits per heavy atom. The number of oxime groups is 1. The lowest BCUT2D eigenvalue weighted by molar-refractivity contribution is 0.319. The number of aliphatic imine (C=N–C) groups is 1. The quantitative estimate of drug-likeness (QED) is 0.346. The van der Waals surface area contributed by atoms with Gasteiger partial charge in [0.15, 0.2) is 0 Å². The van der Waals surface area contributed by atoms with Crippen molar-refractivity contribution in [1.82, 2.24) is 0 Å². The van der Waals surface area contributed by atoms with Crippen molar-refractivity contribution >= 4 is 11.4 Å². The van der Waals surface area contributed by atoms with Gasteiger partial charge in [-0.25, -0.2) is 0 Å². The van der Waals surface area contributed by atoms with Gasteiger partial charge in [0.05, 0.1) is 18.0 Å². The van der Waals surface area contributed by atoms with Crippen LogP contribution in [0.5, 0.6) is 0 Å². The van der Waals surface area contributed by atoms with Crippen molar-refractivity contribution in [2.75, 3.05) is 6.61 Å². The normalized spacial score (nSPS) is 18.2. The lowest BCUT2D eigenvalue weighted by Gasteiger charge is -1.96. The van der Waals surface area contributed by atoms with Gasteiger partial charge in [-0.05, 0) is 12.5 Å². The Bertz CT molecular complexity index is 241. The van der Waals surface area contributed by atoms with Gasteiger partial charge in [-0.2, -0.15) is 0 Å². The molecule has 0 radical (unpaired) electrons. The Kier molecular flexibility index (Phi) is 2.38. The zero-order valence-electron chi connectivity index (χ0n) is 6.28. The van der Waals surface area contributed by atoms with Crippen LogP contribution in [0.25, 0.3) is 0 Å². The third kappa shape index (κ3) is 1.65. The molecule has 0 unspecified atom stereocenters. The Morgan fingerprint density at radius 2 is 2.55 bits per heavy atom. The SMILES string of the molecule is C/C(=N\O)C1=NC=C(CO)C1. The Morgan fingerprint density at radius 3 is 3.00 bits per heavy atom. The van der Waals surface area contributed by atoms with Gasteiger partial charge < -0.3 is 10.3 Å². The van der Waals surface area contributed by atoms with E-state index in [2.05, 4.69) is 10.1 Å². The average molecular weight is 154 g/mol. The highest BCUT2D eigenvalue weighted by molar-refractivity contribution is 6.42. The molecule has 1 rings (SSSR count). The molecule has 60 valence electrons. The summed E-state index contributed by atoms with van der Waals surface area (Å²) in [6, 6.07) is 0. The fourth-order valence-corrected chi connectivity index (χ4v) is 0.851. The van der Waals surface area contributed by atoms with E-state index in [0.717, 1.165) is 11.3 Å². The molecule has 2 N–H and O–H groups in total. The number of hydrogen-bond acceptors (Lipinski definition) is 4. The second kappa shape index (κ2) is 3.30. The first-order chi connectivity index (χ1) is 5.27. The molecule has 4 heteroatoms. The first kappa shape index (κ1) is 7.94. The van der Waals surface area contributed by atoms with E-state index >= 15 is 0 Å². The van der Waals surface area contributed by atoms with Gasteiger partial charge in [-0.1, -0.05) is 5.16 Å². The number of hydrogen-bond donors (Lipinski definition) is 2. The van der Waals surface area contributed by atoms with Crippen molar-refractivity contribution in [3.8, 4) is 0 Å².